The Morgan fingerprint density at radius 2 is 1.70 bits per heavy atom. The number of ether oxygens (including phenoxy) is 1. The third-order valence-electron chi connectivity index (χ3n) is 7.08. The zero-order chi connectivity index (χ0) is 27.6. The number of nitrogens with one attached hydrogen (secondary N) is 1. The predicted octanol–water partition coefficient (Wildman–Crippen LogP) is 3.93. The van der Waals surface area contributed by atoms with E-state index in [1.807, 2.05) is 48.5 Å². The van der Waals surface area contributed by atoms with Crippen LogP contribution in [0.1, 0.15) is 0 Å². The zero-order valence-corrected chi connectivity index (χ0v) is 22.4. The van der Waals surface area contributed by atoms with E-state index in [4.69, 9.17) is 15.5 Å². The van der Waals surface area contributed by atoms with Gasteiger partial charge in [-0.25, -0.2) is 9.97 Å². The Hall–Kier alpha value is -4.96. The number of nitrogens with two attached hydrogens (primary N) is 1. The zero-order valence-electron chi connectivity index (χ0n) is 22.4. The highest BCUT2D eigenvalue weighted by atomic mass is 16.5. The number of rotatable bonds is 6. The molecule has 2 aromatic heterocycles. The van der Waals surface area contributed by atoms with Gasteiger partial charge in [0.25, 0.3) is 5.56 Å². The number of anilines is 4. The van der Waals surface area contributed by atoms with Gasteiger partial charge in [0.15, 0.2) is 5.65 Å². The molecular weight excluding hydrogens is 504 g/mol. The van der Waals surface area contributed by atoms with Crippen LogP contribution >= 0.6 is 0 Å². The Morgan fingerprint density at radius 1 is 0.900 bits per heavy atom. The van der Waals surface area contributed by atoms with E-state index < -0.39 is 0 Å². The molecule has 10 nitrogen and oxygen atoms in total. The van der Waals surface area contributed by atoms with Crippen LogP contribution < -0.4 is 26.2 Å². The second kappa shape index (κ2) is 10.7. The van der Waals surface area contributed by atoms with E-state index in [2.05, 4.69) is 38.2 Å². The van der Waals surface area contributed by atoms with Crippen molar-refractivity contribution in [3.63, 3.8) is 0 Å². The quantitative estimate of drug-likeness (QED) is 0.313. The number of nitrogens with zero attached hydrogens (tertiary/aromatic N) is 6. The molecule has 40 heavy (non-hydrogen) atoms. The van der Waals surface area contributed by atoms with Crippen LogP contribution in [0.25, 0.3) is 28.1 Å². The largest absolute Gasteiger partial charge is 0.494 e. The molecule has 202 valence electrons. The fourth-order valence-corrected chi connectivity index (χ4v) is 4.89. The first-order valence-corrected chi connectivity index (χ1v) is 13.1. The van der Waals surface area contributed by atoms with Crippen LogP contribution in [0.4, 0.5) is 23.0 Å². The van der Waals surface area contributed by atoms with E-state index in [1.165, 1.54) is 4.57 Å². The first kappa shape index (κ1) is 25.3. The molecule has 1 aliphatic rings. The highest BCUT2D eigenvalue weighted by molar-refractivity contribution is 5.78. The van der Waals surface area contributed by atoms with E-state index in [0.29, 0.717) is 51.2 Å². The van der Waals surface area contributed by atoms with Crippen LogP contribution in [-0.4, -0.2) is 64.8 Å². The number of methoxy groups -OCH3 is 1. The summed E-state index contributed by atoms with van der Waals surface area (Å²) < 4.78 is 7.24. The number of nitrogen functional groups attached to an aromatic ring is 1. The highest BCUT2D eigenvalue weighted by Crippen LogP contribution is 2.32. The molecule has 0 aliphatic carbocycles. The smallest absolute Gasteiger partial charge is 0.283 e. The van der Waals surface area contributed by atoms with Gasteiger partial charge in [-0.15, -0.1) is 0 Å². The molecule has 3 heterocycles. The number of likely N-dealkylation sites (N-methyl/N-ethyl adjacent to an activating group) is 1. The molecule has 3 aromatic carbocycles. The summed E-state index contributed by atoms with van der Waals surface area (Å²) in [6.45, 7) is 3.95. The SMILES string of the molecule is COc1cc(N2CCN(C)CC2)ccc1Nc1ncc2nc(-c3ccccc3)c(=O)n(-c3cccc(N)c3)c2n1. The Morgan fingerprint density at radius 3 is 2.45 bits per heavy atom. The molecule has 0 unspecified atom stereocenters. The third-order valence-corrected chi connectivity index (χ3v) is 7.08. The van der Waals surface area contributed by atoms with Crippen LogP contribution in [0.5, 0.6) is 5.75 Å². The molecule has 1 aliphatic heterocycles. The minimum absolute atomic E-state index is 0.303. The van der Waals surface area contributed by atoms with Gasteiger partial charge in [-0.1, -0.05) is 36.4 Å². The van der Waals surface area contributed by atoms with Crippen molar-refractivity contribution in [2.24, 2.45) is 0 Å². The Labute approximate surface area is 231 Å². The van der Waals surface area contributed by atoms with E-state index >= 15 is 0 Å². The second-order valence-electron chi connectivity index (χ2n) is 9.76. The summed E-state index contributed by atoms with van der Waals surface area (Å²) >= 11 is 0. The van der Waals surface area contributed by atoms with E-state index in [-0.39, 0.29) is 5.56 Å². The van der Waals surface area contributed by atoms with Gasteiger partial charge in [-0.3, -0.25) is 9.36 Å². The normalized spacial score (nSPS) is 13.9. The van der Waals surface area contributed by atoms with Crippen molar-refractivity contribution in [2.45, 2.75) is 0 Å². The lowest BCUT2D eigenvalue weighted by Crippen LogP contribution is -2.44. The van der Waals surface area contributed by atoms with Crippen molar-refractivity contribution in [3.05, 3.63) is 89.3 Å². The number of piperazine rings is 1. The monoisotopic (exact) mass is 534 g/mol. The molecule has 10 heteroatoms. The number of benzene rings is 3. The predicted molar refractivity (Wildman–Crippen MR) is 159 cm³/mol. The summed E-state index contributed by atoms with van der Waals surface area (Å²) in [7, 11) is 3.78. The van der Waals surface area contributed by atoms with Crippen molar-refractivity contribution >= 4 is 34.2 Å². The average molecular weight is 535 g/mol. The van der Waals surface area contributed by atoms with Crippen LogP contribution in [0, 0.1) is 0 Å². The summed E-state index contributed by atoms with van der Waals surface area (Å²) in [6, 6.07) is 22.5. The van der Waals surface area contributed by atoms with E-state index in [1.54, 1.807) is 31.5 Å². The summed E-state index contributed by atoms with van der Waals surface area (Å²) in [6.07, 6.45) is 1.62. The van der Waals surface area contributed by atoms with Gasteiger partial charge in [0.05, 0.1) is 24.7 Å². The topological polar surface area (TPSA) is 114 Å². The molecular formula is C30H30N8O2. The standard InChI is InChI=1S/C30H30N8O2/c1-36-13-15-37(16-14-36)22-11-12-24(26(18-22)40-2)34-30-32-19-25-28(35-30)38(23-10-6-9-21(31)17-23)29(39)27(33-25)20-7-4-3-5-8-20/h3-12,17-19H,13-16,31H2,1-2H3,(H,32,34,35). The van der Waals surface area contributed by atoms with Gasteiger partial charge >= 0.3 is 0 Å². The van der Waals surface area contributed by atoms with Crippen molar-refractivity contribution in [1.82, 2.24) is 24.4 Å². The Balaban J connectivity index is 1.42. The molecule has 0 saturated carbocycles. The van der Waals surface area contributed by atoms with Gasteiger partial charge in [0.1, 0.15) is 17.0 Å². The maximum absolute atomic E-state index is 13.8. The number of aromatic nitrogens is 4. The molecule has 1 fully saturated rings. The van der Waals surface area contributed by atoms with Crippen LogP contribution in [-0.2, 0) is 0 Å². The van der Waals surface area contributed by atoms with Gasteiger partial charge in [0.2, 0.25) is 5.95 Å². The van der Waals surface area contributed by atoms with E-state index in [0.717, 1.165) is 31.9 Å². The minimum atomic E-state index is -0.303. The molecule has 6 rings (SSSR count). The van der Waals surface area contributed by atoms with Crippen LogP contribution in [0.2, 0.25) is 0 Å². The second-order valence-corrected chi connectivity index (χ2v) is 9.76. The summed E-state index contributed by atoms with van der Waals surface area (Å²) in [5.74, 6) is 0.982. The van der Waals surface area contributed by atoms with E-state index in [9.17, 15) is 4.79 Å². The summed E-state index contributed by atoms with van der Waals surface area (Å²) in [5, 5.41) is 3.27. The first-order valence-electron chi connectivity index (χ1n) is 13.1. The molecule has 0 atom stereocenters. The lowest BCUT2D eigenvalue weighted by Gasteiger charge is -2.34. The number of hydrogen-bond acceptors (Lipinski definition) is 9. The van der Waals surface area contributed by atoms with Crippen LogP contribution in [0.15, 0.2) is 83.8 Å². The Kier molecular flexibility index (Phi) is 6.75. The maximum Gasteiger partial charge on any atom is 0.283 e. The molecule has 5 aromatic rings. The van der Waals surface area contributed by atoms with Crippen molar-refractivity contribution in [1.29, 1.82) is 0 Å². The minimum Gasteiger partial charge on any atom is -0.494 e. The summed E-state index contributed by atoms with van der Waals surface area (Å²) in [4.78, 5) is 32.4. The molecule has 3 N–H and O–H groups in total. The van der Waals surface area contributed by atoms with Gasteiger partial charge in [-0.2, -0.15) is 4.98 Å². The van der Waals surface area contributed by atoms with Gasteiger partial charge in [-0.05, 0) is 37.4 Å². The molecule has 0 radical (unpaired) electrons. The molecule has 0 bridgehead atoms. The molecule has 0 amide bonds. The fraction of sp³-hybridized carbons (Fsp3) is 0.200. The van der Waals surface area contributed by atoms with Crippen molar-refractivity contribution in [2.75, 3.05) is 56.3 Å². The average Bonchev–Trinajstić information content (AvgIpc) is 2.98. The maximum atomic E-state index is 13.8. The fourth-order valence-electron chi connectivity index (χ4n) is 4.89. The number of fused-ring (bicyclic) bond motifs is 1. The number of hydrogen-bond donors (Lipinski definition) is 2. The lowest BCUT2D eigenvalue weighted by molar-refractivity contribution is 0.312. The van der Waals surface area contributed by atoms with Crippen LogP contribution in [0.3, 0.4) is 0 Å². The Bertz CT molecular complexity index is 1730. The van der Waals surface area contributed by atoms with Crippen molar-refractivity contribution in [3.8, 4) is 22.7 Å². The third kappa shape index (κ3) is 4.92. The highest BCUT2D eigenvalue weighted by Gasteiger charge is 2.19. The van der Waals surface area contributed by atoms with Gasteiger partial charge < -0.3 is 25.6 Å². The molecule has 0 spiro atoms. The lowest BCUT2D eigenvalue weighted by atomic mass is 10.1. The molecule has 1 saturated heterocycles. The summed E-state index contributed by atoms with van der Waals surface area (Å²) in [5.41, 5.74) is 10.6. The first-order chi connectivity index (χ1) is 19.5. The van der Waals surface area contributed by atoms with Gasteiger partial charge in [0, 0.05) is 49.2 Å². The van der Waals surface area contributed by atoms with Crippen molar-refractivity contribution < 1.29 is 4.74 Å².